The summed E-state index contributed by atoms with van der Waals surface area (Å²) in [5.74, 6) is 0.515. The molecule has 1 aliphatic heterocycles. The van der Waals surface area contributed by atoms with Crippen molar-refractivity contribution in [2.75, 3.05) is 7.11 Å². The number of allylic oxidation sites excluding steroid dienone is 1. The summed E-state index contributed by atoms with van der Waals surface area (Å²) in [6.45, 7) is 14.8. The molecule has 168 valence electrons. The van der Waals surface area contributed by atoms with Crippen LogP contribution in [0.3, 0.4) is 0 Å². The van der Waals surface area contributed by atoms with E-state index in [0.29, 0.717) is 5.92 Å². The van der Waals surface area contributed by atoms with Crippen LogP contribution in [-0.4, -0.2) is 40.3 Å². The third-order valence-electron chi connectivity index (χ3n) is 6.24. The minimum Gasteiger partial charge on any atom is -0.508 e. The van der Waals surface area contributed by atoms with Crippen LogP contribution in [0.5, 0.6) is 5.75 Å². The molecule has 2 unspecified atom stereocenters. The van der Waals surface area contributed by atoms with E-state index < -0.39 is 0 Å². The van der Waals surface area contributed by atoms with E-state index in [0.717, 1.165) is 24.8 Å². The van der Waals surface area contributed by atoms with Crippen LogP contribution < -0.4 is 5.32 Å². The van der Waals surface area contributed by atoms with Crippen molar-refractivity contribution in [3.63, 3.8) is 0 Å². The van der Waals surface area contributed by atoms with Crippen molar-refractivity contribution in [1.29, 1.82) is 0 Å². The first-order chi connectivity index (χ1) is 13.9. The van der Waals surface area contributed by atoms with Gasteiger partial charge in [-0.15, -0.1) is 0 Å². The van der Waals surface area contributed by atoms with E-state index in [2.05, 4.69) is 51.1 Å². The molecular formula is C25H40N2O3. The summed E-state index contributed by atoms with van der Waals surface area (Å²) in [6, 6.07) is 7.44. The maximum absolute atomic E-state index is 13.0. The quantitative estimate of drug-likeness (QED) is 0.624. The number of hydrogen-bond donors (Lipinski definition) is 2. The van der Waals surface area contributed by atoms with Crippen LogP contribution >= 0.6 is 0 Å². The van der Waals surface area contributed by atoms with Crippen LogP contribution in [-0.2, 0) is 16.1 Å². The monoisotopic (exact) mass is 416 g/mol. The number of aromatic hydroxyl groups is 1. The second-order valence-electron chi connectivity index (χ2n) is 10.2. The van der Waals surface area contributed by atoms with Crippen LogP contribution in [0.1, 0.15) is 66.9 Å². The first kappa shape index (κ1) is 24.4. The number of carbonyl (C=O) groups excluding carboxylic acids is 1. The van der Waals surface area contributed by atoms with Gasteiger partial charge in [0.05, 0.1) is 13.0 Å². The number of amides is 1. The molecule has 2 atom stereocenters. The molecule has 1 amide bonds. The SMILES string of the molecule is CON1C(C)(C)CC(NC(=O)C(C)C(C)=CC(C)Cc2ccc(O)cc2)CC1(C)C. The Morgan fingerprint density at radius 3 is 2.23 bits per heavy atom. The van der Waals surface area contributed by atoms with Gasteiger partial charge >= 0.3 is 0 Å². The Bertz CT molecular complexity index is 734. The normalized spacial score (nSPS) is 21.8. The number of nitrogens with zero attached hydrogens (tertiary/aromatic N) is 1. The molecule has 0 radical (unpaired) electrons. The van der Waals surface area contributed by atoms with Gasteiger partial charge in [0.1, 0.15) is 5.75 Å². The lowest BCUT2D eigenvalue weighted by molar-refractivity contribution is -0.267. The van der Waals surface area contributed by atoms with Crippen LogP contribution in [0, 0.1) is 11.8 Å². The molecule has 2 rings (SSSR count). The number of phenolic OH excluding ortho intramolecular Hbond substituents is 1. The Kier molecular flexibility index (Phi) is 7.75. The van der Waals surface area contributed by atoms with E-state index in [1.165, 1.54) is 5.56 Å². The fourth-order valence-electron chi connectivity index (χ4n) is 5.05. The van der Waals surface area contributed by atoms with Gasteiger partial charge in [-0.3, -0.25) is 4.79 Å². The minimum atomic E-state index is -0.168. The maximum atomic E-state index is 13.0. The molecule has 1 aromatic rings. The Balaban J connectivity index is 1.99. The predicted octanol–water partition coefficient (Wildman–Crippen LogP) is 4.85. The molecule has 0 aromatic heterocycles. The smallest absolute Gasteiger partial charge is 0.227 e. The fraction of sp³-hybridized carbons (Fsp3) is 0.640. The van der Waals surface area contributed by atoms with E-state index in [1.54, 1.807) is 19.2 Å². The van der Waals surface area contributed by atoms with Crippen LogP contribution in [0.15, 0.2) is 35.9 Å². The molecule has 1 saturated heterocycles. The van der Waals surface area contributed by atoms with E-state index in [-0.39, 0.29) is 34.7 Å². The van der Waals surface area contributed by atoms with Gasteiger partial charge in [0.25, 0.3) is 0 Å². The number of benzene rings is 1. The fourth-order valence-corrected chi connectivity index (χ4v) is 5.05. The van der Waals surface area contributed by atoms with E-state index in [9.17, 15) is 9.90 Å². The van der Waals surface area contributed by atoms with Gasteiger partial charge in [0, 0.05) is 17.1 Å². The highest BCUT2D eigenvalue weighted by Gasteiger charge is 2.46. The van der Waals surface area contributed by atoms with Gasteiger partial charge in [0.2, 0.25) is 5.91 Å². The summed E-state index contributed by atoms with van der Waals surface area (Å²) in [4.78, 5) is 18.6. The summed E-state index contributed by atoms with van der Waals surface area (Å²) < 4.78 is 0. The highest BCUT2D eigenvalue weighted by atomic mass is 16.7. The summed E-state index contributed by atoms with van der Waals surface area (Å²) in [6.07, 6.45) is 4.77. The van der Waals surface area contributed by atoms with Crippen molar-refractivity contribution >= 4 is 5.91 Å². The van der Waals surface area contributed by atoms with E-state index in [1.807, 2.05) is 26.0 Å². The standard InChI is InChI=1S/C25H40N2O3/c1-17(14-20-9-11-22(28)12-10-20)13-18(2)19(3)23(29)26-21-15-24(4,5)27(30-8)25(6,7)16-21/h9-13,17,19,21,28H,14-16H2,1-8H3,(H,26,29). The molecule has 1 heterocycles. The zero-order valence-electron chi connectivity index (χ0n) is 20.0. The molecule has 1 aliphatic rings. The number of hydrogen-bond acceptors (Lipinski definition) is 4. The van der Waals surface area contributed by atoms with Crippen molar-refractivity contribution in [1.82, 2.24) is 10.4 Å². The first-order valence-electron chi connectivity index (χ1n) is 11.0. The molecule has 2 N–H and O–H groups in total. The van der Waals surface area contributed by atoms with Crippen molar-refractivity contribution in [2.45, 2.75) is 84.8 Å². The summed E-state index contributed by atoms with van der Waals surface area (Å²) >= 11 is 0. The highest BCUT2D eigenvalue weighted by Crippen LogP contribution is 2.38. The third-order valence-corrected chi connectivity index (χ3v) is 6.24. The molecule has 1 aromatic carbocycles. The number of nitrogens with one attached hydrogen (secondary N) is 1. The summed E-state index contributed by atoms with van der Waals surface area (Å²) in [5.41, 5.74) is 1.96. The molecule has 5 heteroatoms. The predicted molar refractivity (Wildman–Crippen MR) is 122 cm³/mol. The molecule has 0 aliphatic carbocycles. The van der Waals surface area contributed by atoms with Gasteiger partial charge in [-0.25, -0.2) is 0 Å². The van der Waals surface area contributed by atoms with E-state index in [4.69, 9.17) is 4.84 Å². The number of rotatable bonds is 7. The molecule has 0 saturated carbocycles. The summed E-state index contributed by atoms with van der Waals surface area (Å²) in [5, 5.41) is 14.8. The Hall–Kier alpha value is -1.85. The molecular weight excluding hydrogens is 376 g/mol. The average Bonchev–Trinajstić information content (AvgIpc) is 2.61. The lowest BCUT2D eigenvalue weighted by atomic mass is 9.78. The largest absolute Gasteiger partial charge is 0.508 e. The van der Waals surface area contributed by atoms with Gasteiger partial charge < -0.3 is 15.3 Å². The van der Waals surface area contributed by atoms with E-state index >= 15 is 0 Å². The van der Waals surface area contributed by atoms with Crippen LogP contribution in [0.25, 0.3) is 0 Å². The van der Waals surface area contributed by atoms with Crippen molar-refractivity contribution in [2.24, 2.45) is 11.8 Å². The minimum absolute atomic E-state index is 0.0862. The average molecular weight is 417 g/mol. The molecule has 30 heavy (non-hydrogen) atoms. The van der Waals surface area contributed by atoms with Crippen molar-refractivity contribution in [3.05, 3.63) is 41.5 Å². The van der Waals surface area contributed by atoms with Crippen molar-refractivity contribution < 1.29 is 14.7 Å². The Morgan fingerprint density at radius 1 is 1.20 bits per heavy atom. The van der Waals surface area contributed by atoms with Gasteiger partial charge in [-0.05, 0) is 84.4 Å². The van der Waals surface area contributed by atoms with Gasteiger partial charge in [-0.1, -0.05) is 30.7 Å². The number of piperidine rings is 1. The Labute approximate surface area is 182 Å². The molecule has 1 fully saturated rings. The Morgan fingerprint density at radius 2 is 1.73 bits per heavy atom. The van der Waals surface area contributed by atoms with Crippen LogP contribution in [0.4, 0.5) is 0 Å². The zero-order valence-corrected chi connectivity index (χ0v) is 20.0. The van der Waals surface area contributed by atoms with Crippen LogP contribution in [0.2, 0.25) is 0 Å². The van der Waals surface area contributed by atoms with Gasteiger partial charge in [-0.2, -0.15) is 5.06 Å². The highest BCUT2D eigenvalue weighted by molar-refractivity contribution is 5.81. The molecule has 0 spiro atoms. The second-order valence-corrected chi connectivity index (χ2v) is 10.2. The summed E-state index contributed by atoms with van der Waals surface area (Å²) in [7, 11) is 1.72. The molecule has 5 nitrogen and oxygen atoms in total. The maximum Gasteiger partial charge on any atom is 0.227 e. The van der Waals surface area contributed by atoms with Crippen molar-refractivity contribution in [3.8, 4) is 5.75 Å². The first-order valence-corrected chi connectivity index (χ1v) is 11.0. The van der Waals surface area contributed by atoms with Gasteiger partial charge in [0.15, 0.2) is 0 Å². The number of carbonyl (C=O) groups is 1. The lowest BCUT2D eigenvalue weighted by Gasteiger charge is -2.53. The number of phenols is 1. The lowest BCUT2D eigenvalue weighted by Crippen LogP contribution is -2.63. The topological polar surface area (TPSA) is 61.8 Å². The molecule has 0 bridgehead atoms. The zero-order chi connectivity index (χ0) is 22.7. The second kappa shape index (κ2) is 9.52. The third kappa shape index (κ3) is 6.08. The number of hydroxylamine groups is 2.